The summed E-state index contributed by atoms with van der Waals surface area (Å²) in [6.45, 7) is 2.09. The largest absolute Gasteiger partial charge is 0.494 e. The molecule has 0 bridgehead atoms. The van der Waals surface area contributed by atoms with Gasteiger partial charge in [0, 0.05) is 11.1 Å². The average molecular weight is 425 g/mol. The quantitative estimate of drug-likeness (QED) is 0.627. The van der Waals surface area contributed by atoms with Crippen LogP contribution in [0.2, 0.25) is 0 Å². The van der Waals surface area contributed by atoms with Crippen LogP contribution in [0.15, 0.2) is 54.6 Å². The molecule has 0 radical (unpaired) electrons. The zero-order valence-electron chi connectivity index (χ0n) is 17.0. The molecule has 1 N–H and O–H groups in total. The van der Waals surface area contributed by atoms with E-state index in [9.17, 15) is 13.2 Å². The van der Waals surface area contributed by atoms with Crippen LogP contribution in [0, 0.1) is 0 Å². The van der Waals surface area contributed by atoms with Crippen molar-refractivity contribution in [2.24, 2.45) is 0 Å². The Morgan fingerprint density at radius 1 is 1.03 bits per heavy atom. The standard InChI is InChI=1S/C23H24N2O4S/c1-3-29-19-12-10-18(11-13-19)25(30(2,27)28)15-22(26)24-21-14-9-17-8-7-16-5-4-6-20(21)23(16)17/h4-6,9-14H,3,7-8,15H2,1-2H3,(H,24,26). The molecule has 0 saturated carbocycles. The molecule has 6 nitrogen and oxygen atoms in total. The number of benzene rings is 3. The van der Waals surface area contributed by atoms with Crippen LogP contribution >= 0.6 is 0 Å². The minimum atomic E-state index is -3.64. The van der Waals surface area contributed by atoms with E-state index in [1.165, 1.54) is 16.5 Å². The first-order valence-corrected chi connectivity index (χ1v) is 11.8. The molecule has 30 heavy (non-hydrogen) atoms. The first-order chi connectivity index (χ1) is 14.4. The topological polar surface area (TPSA) is 75.7 Å². The van der Waals surface area contributed by atoms with Crippen LogP contribution in [0.5, 0.6) is 5.75 Å². The molecule has 0 aromatic heterocycles. The van der Waals surface area contributed by atoms with Crippen LogP contribution in [0.25, 0.3) is 10.8 Å². The van der Waals surface area contributed by atoms with Crippen molar-refractivity contribution in [3.63, 3.8) is 0 Å². The molecule has 4 rings (SSSR count). The minimum absolute atomic E-state index is 0.310. The Kier molecular flexibility index (Phi) is 5.39. The lowest BCUT2D eigenvalue weighted by molar-refractivity contribution is -0.114. The molecule has 0 atom stereocenters. The molecule has 1 aliphatic rings. The third-order valence-electron chi connectivity index (χ3n) is 5.27. The Bertz CT molecular complexity index is 1190. The first-order valence-electron chi connectivity index (χ1n) is 9.90. The lowest BCUT2D eigenvalue weighted by atomic mass is 10.0. The number of hydrogen-bond donors (Lipinski definition) is 1. The molecule has 1 aliphatic carbocycles. The van der Waals surface area contributed by atoms with E-state index in [1.807, 2.05) is 31.2 Å². The maximum Gasteiger partial charge on any atom is 0.245 e. The monoisotopic (exact) mass is 424 g/mol. The number of carbonyl (C=O) groups excluding carboxylic acids is 1. The van der Waals surface area contributed by atoms with Crippen molar-refractivity contribution in [1.82, 2.24) is 0 Å². The molecule has 3 aromatic carbocycles. The number of sulfonamides is 1. The molecule has 0 fully saturated rings. The molecule has 0 unspecified atom stereocenters. The molecule has 1 amide bonds. The molecule has 7 heteroatoms. The van der Waals surface area contributed by atoms with Crippen LogP contribution in [0.1, 0.15) is 18.1 Å². The summed E-state index contributed by atoms with van der Waals surface area (Å²) in [7, 11) is -3.64. The van der Waals surface area contributed by atoms with Gasteiger partial charge in [-0.1, -0.05) is 24.3 Å². The fourth-order valence-electron chi connectivity index (χ4n) is 3.95. The Morgan fingerprint density at radius 2 is 1.73 bits per heavy atom. The molecular weight excluding hydrogens is 400 g/mol. The number of nitrogens with one attached hydrogen (secondary N) is 1. The minimum Gasteiger partial charge on any atom is -0.494 e. The van der Waals surface area contributed by atoms with Gasteiger partial charge in [0.2, 0.25) is 15.9 Å². The third-order valence-corrected chi connectivity index (χ3v) is 6.41. The van der Waals surface area contributed by atoms with E-state index in [0.717, 1.165) is 28.8 Å². The maximum atomic E-state index is 12.8. The first kappa shape index (κ1) is 20.2. The number of aryl methyl sites for hydroxylation is 2. The van der Waals surface area contributed by atoms with E-state index >= 15 is 0 Å². The van der Waals surface area contributed by atoms with Gasteiger partial charge in [0.1, 0.15) is 12.3 Å². The van der Waals surface area contributed by atoms with Gasteiger partial charge in [0.15, 0.2) is 0 Å². The number of anilines is 2. The van der Waals surface area contributed by atoms with Gasteiger partial charge < -0.3 is 10.1 Å². The van der Waals surface area contributed by atoms with Crippen molar-refractivity contribution in [2.45, 2.75) is 19.8 Å². The van der Waals surface area contributed by atoms with Crippen molar-refractivity contribution in [2.75, 3.05) is 29.0 Å². The molecule has 0 saturated heterocycles. The van der Waals surface area contributed by atoms with E-state index in [4.69, 9.17) is 4.74 Å². The SMILES string of the molecule is CCOc1ccc(N(CC(=O)Nc2ccc3c4c(cccc24)CC3)S(C)(=O)=O)cc1. The summed E-state index contributed by atoms with van der Waals surface area (Å²) < 4.78 is 31.2. The van der Waals surface area contributed by atoms with Crippen LogP contribution in [0.3, 0.4) is 0 Å². The van der Waals surface area contributed by atoms with Crippen molar-refractivity contribution in [1.29, 1.82) is 0 Å². The fraction of sp³-hybridized carbons (Fsp3) is 0.261. The number of nitrogens with zero attached hydrogens (tertiary/aromatic N) is 1. The second-order valence-electron chi connectivity index (χ2n) is 7.36. The highest BCUT2D eigenvalue weighted by molar-refractivity contribution is 7.92. The normalized spacial score (nSPS) is 12.7. The Balaban J connectivity index is 1.58. The number of amides is 1. The Labute approximate surface area is 176 Å². The zero-order chi connectivity index (χ0) is 21.3. The summed E-state index contributed by atoms with van der Waals surface area (Å²) in [5, 5.41) is 5.09. The van der Waals surface area contributed by atoms with Gasteiger partial charge in [-0.15, -0.1) is 0 Å². The molecule has 3 aromatic rings. The molecule has 156 valence electrons. The van der Waals surface area contributed by atoms with Crippen LogP contribution in [-0.4, -0.2) is 33.7 Å². The summed E-state index contributed by atoms with van der Waals surface area (Å²) in [5.74, 6) is 0.250. The Morgan fingerprint density at radius 3 is 2.40 bits per heavy atom. The summed E-state index contributed by atoms with van der Waals surface area (Å²) >= 11 is 0. The van der Waals surface area contributed by atoms with Gasteiger partial charge in [-0.25, -0.2) is 8.42 Å². The van der Waals surface area contributed by atoms with Crippen LogP contribution < -0.4 is 14.4 Å². The highest BCUT2D eigenvalue weighted by Gasteiger charge is 2.22. The fourth-order valence-corrected chi connectivity index (χ4v) is 4.81. The lowest BCUT2D eigenvalue weighted by Crippen LogP contribution is -2.37. The van der Waals surface area contributed by atoms with Crippen molar-refractivity contribution in [3.8, 4) is 5.75 Å². The van der Waals surface area contributed by atoms with Gasteiger partial charge in [0.25, 0.3) is 0 Å². The van der Waals surface area contributed by atoms with Gasteiger partial charge in [-0.05, 0) is 66.6 Å². The lowest BCUT2D eigenvalue weighted by Gasteiger charge is -2.22. The number of rotatable bonds is 7. The van der Waals surface area contributed by atoms with Crippen molar-refractivity contribution in [3.05, 3.63) is 65.7 Å². The average Bonchev–Trinajstić information content (AvgIpc) is 3.13. The predicted molar refractivity (Wildman–Crippen MR) is 120 cm³/mol. The van der Waals surface area contributed by atoms with Crippen molar-refractivity contribution < 1.29 is 17.9 Å². The summed E-state index contributed by atoms with van der Waals surface area (Å²) in [4.78, 5) is 12.8. The number of ether oxygens (including phenoxy) is 1. The van der Waals surface area contributed by atoms with Crippen molar-refractivity contribution >= 4 is 38.1 Å². The van der Waals surface area contributed by atoms with Crippen LogP contribution in [0.4, 0.5) is 11.4 Å². The number of hydrogen-bond acceptors (Lipinski definition) is 4. The predicted octanol–water partition coefficient (Wildman–Crippen LogP) is 3.74. The van der Waals surface area contributed by atoms with E-state index in [1.54, 1.807) is 24.3 Å². The van der Waals surface area contributed by atoms with Gasteiger partial charge in [-0.2, -0.15) is 0 Å². The smallest absolute Gasteiger partial charge is 0.245 e. The third kappa shape index (κ3) is 3.98. The van der Waals surface area contributed by atoms with Gasteiger partial charge in [0.05, 0.1) is 18.6 Å². The summed E-state index contributed by atoms with van der Waals surface area (Å²) in [6.07, 6.45) is 3.10. The second-order valence-corrected chi connectivity index (χ2v) is 9.26. The number of carbonyl (C=O) groups is 1. The van der Waals surface area contributed by atoms with E-state index < -0.39 is 15.9 Å². The van der Waals surface area contributed by atoms with Crippen LogP contribution in [-0.2, 0) is 27.7 Å². The summed E-state index contributed by atoms with van der Waals surface area (Å²) in [5.41, 5.74) is 3.68. The molecule has 0 aliphatic heterocycles. The van der Waals surface area contributed by atoms with E-state index in [-0.39, 0.29) is 6.54 Å². The van der Waals surface area contributed by atoms with E-state index in [2.05, 4.69) is 11.4 Å². The zero-order valence-corrected chi connectivity index (χ0v) is 17.8. The molecule has 0 heterocycles. The summed E-state index contributed by atoms with van der Waals surface area (Å²) in [6, 6.07) is 16.7. The highest BCUT2D eigenvalue weighted by atomic mass is 32.2. The van der Waals surface area contributed by atoms with Gasteiger partial charge >= 0.3 is 0 Å². The van der Waals surface area contributed by atoms with Gasteiger partial charge in [-0.3, -0.25) is 9.10 Å². The maximum absolute atomic E-state index is 12.8. The second kappa shape index (κ2) is 7.99. The molecule has 0 spiro atoms. The Hall–Kier alpha value is -3.06. The molecular formula is C23H24N2O4S. The van der Waals surface area contributed by atoms with E-state index in [0.29, 0.717) is 23.7 Å². The highest BCUT2D eigenvalue weighted by Crippen LogP contribution is 2.35.